The number of amides is 1. The summed E-state index contributed by atoms with van der Waals surface area (Å²) in [5.41, 5.74) is 0.277. The molecule has 0 spiro atoms. The molecule has 120 valence electrons. The maximum absolute atomic E-state index is 12.3. The van der Waals surface area contributed by atoms with Crippen molar-refractivity contribution in [3.05, 3.63) is 18.0 Å². The molecule has 0 bridgehead atoms. The van der Waals surface area contributed by atoms with E-state index in [-0.39, 0.29) is 22.5 Å². The first-order chi connectivity index (χ1) is 9.83. The van der Waals surface area contributed by atoms with Gasteiger partial charge in [0.2, 0.25) is 10.0 Å². The number of aryl methyl sites for hydroxylation is 1. The van der Waals surface area contributed by atoms with Gasteiger partial charge in [0.15, 0.2) is 0 Å². The molecule has 0 saturated heterocycles. The van der Waals surface area contributed by atoms with Gasteiger partial charge in [-0.2, -0.15) is 0 Å². The lowest BCUT2D eigenvalue weighted by Crippen LogP contribution is -2.38. The van der Waals surface area contributed by atoms with Crippen LogP contribution in [0.25, 0.3) is 0 Å². The van der Waals surface area contributed by atoms with Gasteiger partial charge in [0.25, 0.3) is 5.91 Å². The summed E-state index contributed by atoms with van der Waals surface area (Å²) in [6.45, 7) is 4.72. The van der Waals surface area contributed by atoms with E-state index in [1.807, 2.05) is 13.8 Å². The molecule has 0 radical (unpaired) electrons. The fraction of sp³-hybridized carbons (Fsp3) is 0.615. The van der Waals surface area contributed by atoms with Crippen LogP contribution in [-0.2, 0) is 21.3 Å². The summed E-state index contributed by atoms with van der Waals surface area (Å²) in [6, 6.07) is 1.19. The first-order valence-corrected chi connectivity index (χ1v) is 8.40. The van der Waals surface area contributed by atoms with Crippen LogP contribution in [0.15, 0.2) is 17.2 Å². The van der Waals surface area contributed by atoms with Gasteiger partial charge in [-0.15, -0.1) is 0 Å². The zero-order valence-electron chi connectivity index (χ0n) is 12.6. The highest BCUT2D eigenvalue weighted by atomic mass is 32.2. The number of carbonyl (C=O) groups excluding carboxylic acids is 1. The number of nitrogens with zero attached hydrogens (tertiary/aromatic N) is 1. The Balaban J connectivity index is 2.98. The topological polar surface area (TPSA) is 103 Å². The van der Waals surface area contributed by atoms with Crippen molar-refractivity contribution in [2.45, 2.75) is 44.2 Å². The van der Waals surface area contributed by atoms with Crippen LogP contribution in [0.4, 0.5) is 0 Å². The van der Waals surface area contributed by atoms with E-state index in [1.54, 1.807) is 11.7 Å². The molecule has 1 atom stereocenters. The largest absolute Gasteiger partial charge is 0.383 e. The van der Waals surface area contributed by atoms with E-state index < -0.39 is 10.0 Å². The lowest BCUT2D eigenvalue weighted by molar-refractivity contribution is 0.0882. The van der Waals surface area contributed by atoms with E-state index in [0.717, 1.165) is 12.8 Å². The van der Waals surface area contributed by atoms with Crippen LogP contribution in [0, 0.1) is 0 Å². The van der Waals surface area contributed by atoms with Gasteiger partial charge < -0.3 is 14.6 Å². The number of primary sulfonamides is 1. The Labute approximate surface area is 125 Å². The number of nitrogens with one attached hydrogen (secondary N) is 1. The van der Waals surface area contributed by atoms with Gasteiger partial charge in [-0.3, -0.25) is 4.79 Å². The van der Waals surface area contributed by atoms with Crippen LogP contribution >= 0.6 is 0 Å². The third-order valence-electron chi connectivity index (χ3n) is 3.11. The normalized spacial score (nSPS) is 13.1. The second-order valence-electron chi connectivity index (χ2n) is 4.81. The molecule has 0 aliphatic carbocycles. The van der Waals surface area contributed by atoms with Crippen LogP contribution in [0.5, 0.6) is 0 Å². The van der Waals surface area contributed by atoms with Crippen molar-refractivity contribution in [3.8, 4) is 0 Å². The van der Waals surface area contributed by atoms with Crippen molar-refractivity contribution in [1.82, 2.24) is 9.88 Å². The van der Waals surface area contributed by atoms with Crippen molar-refractivity contribution >= 4 is 15.9 Å². The van der Waals surface area contributed by atoms with E-state index in [1.165, 1.54) is 12.3 Å². The molecule has 0 aliphatic heterocycles. The van der Waals surface area contributed by atoms with Crippen LogP contribution < -0.4 is 10.5 Å². The number of carbonyl (C=O) groups is 1. The minimum Gasteiger partial charge on any atom is -0.383 e. The molecule has 7 nitrogen and oxygen atoms in total. The highest BCUT2D eigenvalue weighted by Gasteiger charge is 2.20. The summed E-state index contributed by atoms with van der Waals surface area (Å²) in [5, 5.41) is 7.95. The van der Waals surface area contributed by atoms with Gasteiger partial charge in [0, 0.05) is 19.9 Å². The van der Waals surface area contributed by atoms with Crippen molar-refractivity contribution in [2.24, 2.45) is 5.14 Å². The van der Waals surface area contributed by atoms with Gasteiger partial charge >= 0.3 is 0 Å². The van der Waals surface area contributed by atoms with E-state index >= 15 is 0 Å². The molecular formula is C13H23N3O4S. The fourth-order valence-electron chi connectivity index (χ4n) is 2.10. The third-order valence-corrected chi connectivity index (χ3v) is 3.99. The maximum atomic E-state index is 12.3. The Morgan fingerprint density at radius 3 is 2.62 bits per heavy atom. The first-order valence-electron chi connectivity index (χ1n) is 6.86. The highest BCUT2D eigenvalue weighted by molar-refractivity contribution is 7.89. The summed E-state index contributed by atoms with van der Waals surface area (Å²) in [6.07, 6.45) is 3.06. The second kappa shape index (κ2) is 7.58. The monoisotopic (exact) mass is 317 g/mol. The molecule has 0 saturated carbocycles. The first kappa shape index (κ1) is 17.7. The van der Waals surface area contributed by atoms with E-state index in [0.29, 0.717) is 13.2 Å². The average Bonchev–Trinajstić information content (AvgIpc) is 2.83. The number of rotatable bonds is 8. The number of methoxy groups -OCH3 is 1. The summed E-state index contributed by atoms with van der Waals surface area (Å²) in [5.74, 6) is -0.331. The Morgan fingerprint density at radius 2 is 2.14 bits per heavy atom. The van der Waals surface area contributed by atoms with Crippen molar-refractivity contribution in [3.63, 3.8) is 0 Å². The number of hydrogen-bond donors (Lipinski definition) is 2. The molecule has 0 fully saturated rings. The summed E-state index contributed by atoms with van der Waals surface area (Å²) >= 11 is 0. The molecular weight excluding hydrogens is 294 g/mol. The molecule has 0 aliphatic rings. The highest BCUT2D eigenvalue weighted by Crippen LogP contribution is 2.13. The Bertz CT molecular complexity index is 574. The molecule has 1 aromatic rings. The third kappa shape index (κ3) is 4.83. The minimum atomic E-state index is -3.82. The van der Waals surface area contributed by atoms with Crippen molar-refractivity contribution in [1.29, 1.82) is 0 Å². The predicted molar refractivity (Wildman–Crippen MR) is 79.5 cm³/mol. The Morgan fingerprint density at radius 1 is 1.48 bits per heavy atom. The summed E-state index contributed by atoms with van der Waals surface area (Å²) < 4.78 is 29.4. The molecule has 8 heteroatoms. The summed E-state index contributed by atoms with van der Waals surface area (Å²) in [4.78, 5) is 12.2. The number of ether oxygens (including phenoxy) is 1. The van der Waals surface area contributed by atoms with Gasteiger partial charge in [-0.05, 0) is 19.4 Å². The number of sulfonamides is 1. The van der Waals surface area contributed by atoms with Crippen molar-refractivity contribution in [2.75, 3.05) is 13.7 Å². The molecule has 1 amide bonds. The van der Waals surface area contributed by atoms with Gasteiger partial charge in [-0.25, -0.2) is 13.6 Å². The smallest absolute Gasteiger partial charge is 0.268 e. The van der Waals surface area contributed by atoms with Gasteiger partial charge in [0.1, 0.15) is 10.6 Å². The standard InChI is InChI=1S/C13H23N3O4S/c1-4-6-10(9-20-3)15-13(17)12-7-11(21(14,18)19)8-16(12)5-2/h7-8,10H,4-6,9H2,1-3H3,(H,15,17)(H2,14,18,19). The average molecular weight is 317 g/mol. The predicted octanol–water partition coefficient (Wildman–Crippen LogP) is 0.700. The molecule has 1 rings (SSSR count). The zero-order chi connectivity index (χ0) is 16.0. The molecule has 0 aromatic carbocycles. The number of aromatic nitrogens is 1. The van der Waals surface area contributed by atoms with Crippen molar-refractivity contribution < 1.29 is 17.9 Å². The van der Waals surface area contributed by atoms with Crippen LogP contribution in [-0.4, -0.2) is 38.7 Å². The molecule has 1 aromatic heterocycles. The molecule has 21 heavy (non-hydrogen) atoms. The summed E-state index contributed by atoms with van der Waals surface area (Å²) in [7, 11) is -2.25. The Kier molecular flexibility index (Phi) is 6.38. The Hall–Kier alpha value is -1.38. The molecule has 3 N–H and O–H groups in total. The quantitative estimate of drug-likeness (QED) is 0.736. The molecule has 1 heterocycles. The van der Waals surface area contributed by atoms with Gasteiger partial charge in [0.05, 0.1) is 12.6 Å². The van der Waals surface area contributed by atoms with E-state index in [2.05, 4.69) is 5.32 Å². The lowest BCUT2D eigenvalue weighted by Gasteiger charge is -2.17. The zero-order valence-corrected chi connectivity index (χ0v) is 13.4. The SMILES string of the molecule is CCCC(COC)NC(=O)c1cc(S(N)(=O)=O)cn1CC. The van der Waals surface area contributed by atoms with Crippen LogP contribution in [0.3, 0.4) is 0 Å². The molecule has 1 unspecified atom stereocenters. The van der Waals surface area contributed by atoms with Gasteiger partial charge in [-0.1, -0.05) is 13.3 Å². The van der Waals surface area contributed by atoms with Crippen LogP contribution in [0.1, 0.15) is 37.2 Å². The van der Waals surface area contributed by atoms with E-state index in [4.69, 9.17) is 9.88 Å². The number of hydrogen-bond acceptors (Lipinski definition) is 4. The lowest BCUT2D eigenvalue weighted by atomic mass is 10.2. The second-order valence-corrected chi connectivity index (χ2v) is 6.37. The minimum absolute atomic E-state index is 0.0618. The van der Waals surface area contributed by atoms with Crippen LogP contribution in [0.2, 0.25) is 0 Å². The fourth-order valence-corrected chi connectivity index (χ4v) is 2.65. The number of nitrogens with two attached hydrogens (primary N) is 1. The maximum Gasteiger partial charge on any atom is 0.268 e. The van der Waals surface area contributed by atoms with E-state index in [9.17, 15) is 13.2 Å².